The molecule has 0 bridgehead atoms. The van der Waals surface area contributed by atoms with E-state index in [1.807, 2.05) is 12.1 Å². The molecule has 4 nitrogen and oxygen atoms in total. The van der Waals surface area contributed by atoms with Gasteiger partial charge in [-0.25, -0.2) is 0 Å². The van der Waals surface area contributed by atoms with Crippen LogP contribution >= 0.6 is 0 Å². The lowest BCUT2D eigenvalue weighted by Gasteiger charge is -2.15. The fourth-order valence-corrected chi connectivity index (χ4v) is 1.69. The van der Waals surface area contributed by atoms with Crippen LogP contribution in [0.25, 0.3) is 0 Å². The summed E-state index contributed by atoms with van der Waals surface area (Å²) in [6.45, 7) is 5.34. The molecule has 0 radical (unpaired) electrons. The van der Waals surface area contributed by atoms with Gasteiger partial charge in [0.1, 0.15) is 0 Å². The Labute approximate surface area is 109 Å². The lowest BCUT2D eigenvalue weighted by molar-refractivity contribution is 0.324. The number of nitrogens with one attached hydrogen (secondary N) is 1. The van der Waals surface area contributed by atoms with Crippen molar-refractivity contribution in [3.8, 4) is 17.2 Å². The van der Waals surface area contributed by atoms with E-state index in [4.69, 9.17) is 14.2 Å². The summed E-state index contributed by atoms with van der Waals surface area (Å²) in [5.41, 5.74) is 0.977. The number of ether oxygens (including phenoxy) is 3. The predicted molar refractivity (Wildman–Crippen MR) is 74.0 cm³/mol. The van der Waals surface area contributed by atoms with Crippen LogP contribution in [0.15, 0.2) is 12.1 Å². The van der Waals surface area contributed by atoms with E-state index >= 15 is 0 Å². The highest BCUT2D eigenvalue weighted by molar-refractivity contribution is 5.62. The summed E-state index contributed by atoms with van der Waals surface area (Å²) in [5, 5.41) is 3.36. The monoisotopic (exact) mass is 253 g/mol. The first kappa shape index (κ1) is 14.5. The number of rotatable bonds is 7. The standard InChI is InChI=1S/C14H23NO3/c1-10(2)6-7-15-11-8-12(16-3)14(18-5)13(9-11)17-4/h8-10,15H,6-7H2,1-5H3. The van der Waals surface area contributed by atoms with E-state index in [9.17, 15) is 0 Å². The molecule has 1 rings (SSSR count). The molecule has 1 N–H and O–H groups in total. The van der Waals surface area contributed by atoms with E-state index < -0.39 is 0 Å². The van der Waals surface area contributed by atoms with Crippen LogP contribution in [0, 0.1) is 5.92 Å². The Balaban J connectivity index is 2.86. The highest BCUT2D eigenvalue weighted by Crippen LogP contribution is 2.39. The number of hydrogen-bond acceptors (Lipinski definition) is 4. The Morgan fingerprint density at radius 2 is 1.56 bits per heavy atom. The summed E-state index contributed by atoms with van der Waals surface area (Å²) in [6, 6.07) is 3.84. The molecule has 0 spiro atoms. The molecule has 1 aromatic carbocycles. The first-order valence-corrected chi connectivity index (χ1v) is 6.16. The molecule has 0 aliphatic rings. The van der Waals surface area contributed by atoms with E-state index in [-0.39, 0.29) is 0 Å². The molecule has 0 heterocycles. The molecular weight excluding hydrogens is 230 g/mol. The summed E-state index contributed by atoms with van der Waals surface area (Å²) in [5.74, 6) is 2.64. The van der Waals surface area contributed by atoms with E-state index in [2.05, 4.69) is 19.2 Å². The Bertz CT molecular complexity index is 352. The molecule has 0 atom stereocenters. The van der Waals surface area contributed by atoms with Gasteiger partial charge in [0, 0.05) is 24.4 Å². The topological polar surface area (TPSA) is 39.7 Å². The quantitative estimate of drug-likeness (QED) is 0.810. The molecule has 0 unspecified atom stereocenters. The van der Waals surface area contributed by atoms with Gasteiger partial charge < -0.3 is 19.5 Å². The highest BCUT2D eigenvalue weighted by Gasteiger charge is 2.12. The van der Waals surface area contributed by atoms with Crippen molar-refractivity contribution >= 4 is 5.69 Å². The fourth-order valence-electron chi connectivity index (χ4n) is 1.69. The molecule has 0 saturated heterocycles. The van der Waals surface area contributed by atoms with Crippen molar-refractivity contribution in [2.75, 3.05) is 33.2 Å². The molecule has 1 aromatic rings. The van der Waals surface area contributed by atoms with Crippen LogP contribution in [0.2, 0.25) is 0 Å². The van der Waals surface area contributed by atoms with Crippen molar-refractivity contribution in [1.82, 2.24) is 0 Å². The van der Waals surface area contributed by atoms with Gasteiger partial charge in [0.2, 0.25) is 5.75 Å². The number of benzene rings is 1. The first-order chi connectivity index (χ1) is 8.62. The van der Waals surface area contributed by atoms with Gasteiger partial charge in [-0.3, -0.25) is 0 Å². The lowest BCUT2D eigenvalue weighted by atomic mass is 10.1. The van der Waals surface area contributed by atoms with Crippen molar-refractivity contribution in [1.29, 1.82) is 0 Å². The van der Waals surface area contributed by atoms with Gasteiger partial charge in [-0.1, -0.05) is 13.8 Å². The van der Waals surface area contributed by atoms with Crippen LogP contribution in [0.4, 0.5) is 5.69 Å². The minimum absolute atomic E-state index is 0.620. The second kappa shape index (κ2) is 6.99. The van der Waals surface area contributed by atoms with Crippen LogP contribution in [0.3, 0.4) is 0 Å². The van der Waals surface area contributed by atoms with Crippen molar-refractivity contribution in [2.24, 2.45) is 5.92 Å². The van der Waals surface area contributed by atoms with Crippen LogP contribution < -0.4 is 19.5 Å². The molecule has 102 valence electrons. The van der Waals surface area contributed by atoms with Gasteiger partial charge in [0.05, 0.1) is 21.3 Å². The molecule has 0 saturated carbocycles. The first-order valence-electron chi connectivity index (χ1n) is 6.16. The number of methoxy groups -OCH3 is 3. The molecule has 0 aromatic heterocycles. The largest absolute Gasteiger partial charge is 0.493 e. The van der Waals surface area contributed by atoms with Gasteiger partial charge in [-0.05, 0) is 12.3 Å². The Kier molecular flexibility index (Phi) is 5.62. The van der Waals surface area contributed by atoms with Crippen LogP contribution in [-0.2, 0) is 0 Å². The zero-order chi connectivity index (χ0) is 13.5. The summed E-state index contributed by atoms with van der Waals surface area (Å²) in [4.78, 5) is 0. The van der Waals surface area contributed by atoms with Crippen molar-refractivity contribution in [3.63, 3.8) is 0 Å². The maximum atomic E-state index is 5.30. The van der Waals surface area contributed by atoms with E-state index in [1.54, 1.807) is 21.3 Å². The molecule has 0 aliphatic carbocycles. The van der Waals surface area contributed by atoms with E-state index in [1.165, 1.54) is 0 Å². The minimum atomic E-state index is 0.620. The number of hydrogen-bond donors (Lipinski definition) is 1. The van der Waals surface area contributed by atoms with Gasteiger partial charge in [0.25, 0.3) is 0 Å². The minimum Gasteiger partial charge on any atom is -0.493 e. The second-order valence-corrected chi connectivity index (χ2v) is 4.52. The molecule has 18 heavy (non-hydrogen) atoms. The van der Waals surface area contributed by atoms with Crippen molar-refractivity contribution in [2.45, 2.75) is 20.3 Å². The van der Waals surface area contributed by atoms with Gasteiger partial charge in [-0.15, -0.1) is 0 Å². The maximum Gasteiger partial charge on any atom is 0.203 e. The zero-order valence-corrected chi connectivity index (χ0v) is 11.9. The lowest BCUT2D eigenvalue weighted by Crippen LogP contribution is -2.05. The molecule has 0 fully saturated rings. The SMILES string of the molecule is COc1cc(NCCC(C)C)cc(OC)c1OC. The average Bonchev–Trinajstić information content (AvgIpc) is 2.36. The second-order valence-electron chi connectivity index (χ2n) is 4.52. The van der Waals surface area contributed by atoms with E-state index in [0.717, 1.165) is 18.7 Å². The summed E-state index contributed by atoms with van der Waals surface area (Å²) in [6.07, 6.45) is 1.12. The Morgan fingerprint density at radius 1 is 1.00 bits per heavy atom. The molecule has 0 aliphatic heterocycles. The molecular formula is C14H23NO3. The Hall–Kier alpha value is -1.58. The smallest absolute Gasteiger partial charge is 0.203 e. The summed E-state index contributed by atoms with van der Waals surface area (Å²) >= 11 is 0. The van der Waals surface area contributed by atoms with Gasteiger partial charge in [-0.2, -0.15) is 0 Å². The summed E-state index contributed by atoms with van der Waals surface area (Å²) < 4.78 is 15.9. The molecule has 4 heteroatoms. The normalized spacial score (nSPS) is 10.3. The zero-order valence-electron chi connectivity index (χ0n) is 11.9. The Morgan fingerprint density at radius 3 is 1.94 bits per heavy atom. The molecule has 0 amide bonds. The third kappa shape index (κ3) is 3.72. The fraction of sp³-hybridized carbons (Fsp3) is 0.571. The van der Waals surface area contributed by atoms with Crippen LogP contribution in [0.1, 0.15) is 20.3 Å². The third-order valence-electron chi connectivity index (χ3n) is 2.72. The van der Waals surface area contributed by atoms with Crippen molar-refractivity contribution in [3.05, 3.63) is 12.1 Å². The predicted octanol–water partition coefficient (Wildman–Crippen LogP) is 3.17. The van der Waals surface area contributed by atoms with Gasteiger partial charge >= 0.3 is 0 Å². The van der Waals surface area contributed by atoms with Crippen LogP contribution in [0.5, 0.6) is 17.2 Å². The van der Waals surface area contributed by atoms with Crippen LogP contribution in [-0.4, -0.2) is 27.9 Å². The summed E-state index contributed by atoms with van der Waals surface area (Å²) in [7, 11) is 4.84. The van der Waals surface area contributed by atoms with Crippen molar-refractivity contribution < 1.29 is 14.2 Å². The van der Waals surface area contributed by atoms with E-state index in [0.29, 0.717) is 23.2 Å². The van der Waals surface area contributed by atoms with Gasteiger partial charge in [0.15, 0.2) is 11.5 Å². The third-order valence-corrected chi connectivity index (χ3v) is 2.72. The average molecular weight is 253 g/mol. The highest BCUT2D eigenvalue weighted by atomic mass is 16.5. The maximum absolute atomic E-state index is 5.30. The number of anilines is 1.